The Hall–Kier alpha value is -2.60. The SMILES string of the molecule is CC/C=C/C/C=C/C/C=C/C/C=C/C/C=C/C/C=C/CCC(=O)NCCNC(=O)CCCC[C@@H]1SC[C@@H]2CC(=O)C[C@@H]21. The number of hydrogen-bond acceptors (Lipinski definition) is 4. The molecule has 2 fully saturated rings. The highest BCUT2D eigenvalue weighted by Gasteiger charge is 2.42. The molecule has 2 N–H and O–H groups in total. The van der Waals surface area contributed by atoms with Gasteiger partial charge < -0.3 is 10.6 Å². The second kappa shape index (κ2) is 23.9. The van der Waals surface area contributed by atoms with Crippen LogP contribution in [0.4, 0.5) is 0 Å². The summed E-state index contributed by atoms with van der Waals surface area (Å²) in [5, 5.41) is 6.38. The Morgan fingerprint density at radius 1 is 0.714 bits per heavy atom. The second-order valence-electron chi connectivity index (χ2n) is 11.1. The van der Waals surface area contributed by atoms with Crippen molar-refractivity contribution in [3.8, 4) is 0 Å². The predicted molar refractivity (Wildman–Crippen MR) is 179 cm³/mol. The summed E-state index contributed by atoms with van der Waals surface area (Å²) in [4.78, 5) is 35.7. The van der Waals surface area contributed by atoms with E-state index in [0.29, 0.717) is 48.8 Å². The Morgan fingerprint density at radius 3 is 1.81 bits per heavy atom. The smallest absolute Gasteiger partial charge is 0.220 e. The van der Waals surface area contributed by atoms with Gasteiger partial charge in [-0.1, -0.05) is 86.3 Å². The zero-order chi connectivity index (χ0) is 30.1. The van der Waals surface area contributed by atoms with E-state index < -0.39 is 0 Å². The lowest BCUT2D eigenvalue weighted by Gasteiger charge is -2.16. The fourth-order valence-electron chi connectivity index (χ4n) is 5.31. The number of amides is 2. The van der Waals surface area contributed by atoms with Crippen LogP contribution in [-0.2, 0) is 14.4 Å². The zero-order valence-electron chi connectivity index (χ0n) is 25.8. The highest BCUT2D eigenvalue weighted by Crippen LogP contribution is 2.47. The molecule has 0 unspecified atom stereocenters. The molecule has 0 spiro atoms. The van der Waals surface area contributed by atoms with Gasteiger partial charge in [-0.15, -0.1) is 0 Å². The van der Waals surface area contributed by atoms with Crippen molar-refractivity contribution in [3.05, 3.63) is 72.9 Å². The van der Waals surface area contributed by atoms with Gasteiger partial charge in [-0.05, 0) is 75.4 Å². The number of unbranched alkanes of at least 4 members (excludes halogenated alkanes) is 1. The van der Waals surface area contributed by atoms with E-state index in [4.69, 9.17) is 0 Å². The lowest BCUT2D eigenvalue weighted by Crippen LogP contribution is -2.34. The topological polar surface area (TPSA) is 75.3 Å². The standard InChI is InChI=1S/C36H54N2O3S/c1-2-3-4-5-6-7-8-9-10-11-12-13-14-15-16-17-18-19-20-24-35(40)37-26-27-38-36(41)25-22-21-23-34-33-29-32(39)28-31(33)30-42-34/h3-4,6-7,9-10,12-13,15-16,18-19,31,33-34H,2,5,8,11,14,17,20-30H2,1H3,(H,37,40)(H,38,41)/b4-3+,7-6+,10-9+,13-12+,16-15+,19-18+/t31-,33-,34-/m0/s1. The molecule has 2 rings (SSSR count). The minimum absolute atomic E-state index is 0.0153. The van der Waals surface area contributed by atoms with Crippen molar-refractivity contribution in [1.29, 1.82) is 0 Å². The molecular weight excluding hydrogens is 540 g/mol. The summed E-state index contributed by atoms with van der Waals surface area (Å²) in [6.07, 6.45) is 38.3. The molecule has 5 nitrogen and oxygen atoms in total. The maximum atomic E-state index is 12.1. The number of fused-ring (bicyclic) bond motifs is 1. The number of ketones is 1. The lowest BCUT2D eigenvalue weighted by molar-refractivity contribution is -0.122. The average Bonchev–Trinajstić information content (AvgIpc) is 3.53. The van der Waals surface area contributed by atoms with Crippen LogP contribution in [0.5, 0.6) is 0 Å². The Bertz CT molecular complexity index is 963. The first-order valence-corrected chi connectivity index (χ1v) is 17.2. The molecule has 1 aliphatic carbocycles. The summed E-state index contributed by atoms with van der Waals surface area (Å²) in [5.74, 6) is 2.83. The minimum atomic E-state index is 0.0153. The monoisotopic (exact) mass is 594 g/mol. The molecule has 1 saturated carbocycles. The van der Waals surface area contributed by atoms with Crippen LogP contribution in [0.2, 0.25) is 0 Å². The van der Waals surface area contributed by atoms with E-state index in [1.165, 1.54) is 0 Å². The molecule has 232 valence electrons. The maximum absolute atomic E-state index is 12.1. The molecule has 1 saturated heterocycles. The summed E-state index contributed by atoms with van der Waals surface area (Å²) in [6, 6.07) is 0. The summed E-state index contributed by atoms with van der Waals surface area (Å²) in [5.41, 5.74) is 0. The van der Waals surface area contributed by atoms with E-state index in [0.717, 1.165) is 82.8 Å². The highest BCUT2D eigenvalue weighted by molar-refractivity contribution is 8.00. The zero-order valence-corrected chi connectivity index (χ0v) is 26.6. The largest absolute Gasteiger partial charge is 0.354 e. The fourth-order valence-corrected chi connectivity index (χ4v) is 7.07. The van der Waals surface area contributed by atoms with Gasteiger partial charge in [-0.2, -0.15) is 11.8 Å². The minimum Gasteiger partial charge on any atom is -0.354 e. The number of nitrogens with one attached hydrogen (secondary N) is 2. The first-order valence-electron chi connectivity index (χ1n) is 16.2. The number of carbonyl (C=O) groups is 3. The average molecular weight is 595 g/mol. The molecule has 0 aromatic carbocycles. The van der Waals surface area contributed by atoms with E-state index in [-0.39, 0.29) is 11.8 Å². The van der Waals surface area contributed by atoms with Crippen LogP contribution >= 0.6 is 11.8 Å². The van der Waals surface area contributed by atoms with Gasteiger partial charge in [0.05, 0.1) is 0 Å². The first kappa shape index (κ1) is 35.6. The Morgan fingerprint density at radius 2 is 1.24 bits per heavy atom. The number of Topliss-reactive ketones (excluding diaryl/α,β-unsaturated/α-hetero) is 1. The van der Waals surface area contributed by atoms with Crippen molar-refractivity contribution in [3.63, 3.8) is 0 Å². The van der Waals surface area contributed by atoms with Gasteiger partial charge in [-0.25, -0.2) is 0 Å². The number of allylic oxidation sites excluding steroid dienone is 12. The van der Waals surface area contributed by atoms with Crippen LogP contribution < -0.4 is 10.6 Å². The van der Waals surface area contributed by atoms with Crippen molar-refractivity contribution in [1.82, 2.24) is 10.6 Å². The molecule has 0 aromatic rings. The van der Waals surface area contributed by atoms with E-state index in [2.05, 4.69) is 90.5 Å². The quantitative estimate of drug-likeness (QED) is 0.0985. The first-order chi connectivity index (χ1) is 20.6. The molecule has 42 heavy (non-hydrogen) atoms. The Kier molecular flexibility index (Phi) is 20.3. The van der Waals surface area contributed by atoms with Crippen LogP contribution in [0.25, 0.3) is 0 Å². The molecule has 6 heteroatoms. The van der Waals surface area contributed by atoms with Crippen LogP contribution in [0.3, 0.4) is 0 Å². The molecule has 0 radical (unpaired) electrons. The maximum Gasteiger partial charge on any atom is 0.220 e. The van der Waals surface area contributed by atoms with Gasteiger partial charge in [0.2, 0.25) is 11.8 Å². The number of rotatable bonds is 22. The number of thioether (sulfide) groups is 1. The van der Waals surface area contributed by atoms with Crippen LogP contribution in [-0.4, -0.2) is 41.7 Å². The molecule has 2 aliphatic rings. The summed E-state index contributed by atoms with van der Waals surface area (Å²) < 4.78 is 0. The predicted octanol–water partition coefficient (Wildman–Crippen LogP) is 7.97. The van der Waals surface area contributed by atoms with E-state index in [9.17, 15) is 14.4 Å². The second-order valence-corrected chi connectivity index (χ2v) is 12.4. The van der Waals surface area contributed by atoms with Crippen molar-refractivity contribution in [2.24, 2.45) is 11.8 Å². The van der Waals surface area contributed by atoms with Crippen molar-refractivity contribution in [2.75, 3.05) is 18.8 Å². The fraction of sp³-hybridized carbons (Fsp3) is 0.583. The van der Waals surface area contributed by atoms with Crippen molar-refractivity contribution >= 4 is 29.4 Å². The van der Waals surface area contributed by atoms with Crippen molar-refractivity contribution in [2.45, 2.75) is 102 Å². The third kappa shape index (κ3) is 17.4. The third-order valence-corrected chi connectivity index (χ3v) is 9.24. The summed E-state index contributed by atoms with van der Waals surface area (Å²) in [6.45, 7) is 3.08. The molecule has 1 heterocycles. The van der Waals surface area contributed by atoms with Crippen LogP contribution in [0.1, 0.15) is 96.8 Å². The van der Waals surface area contributed by atoms with E-state index in [1.807, 2.05) is 11.8 Å². The highest BCUT2D eigenvalue weighted by atomic mass is 32.2. The van der Waals surface area contributed by atoms with Gasteiger partial charge in [0, 0.05) is 44.0 Å². The summed E-state index contributed by atoms with van der Waals surface area (Å²) in [7, 11) is 0. The molecule has 0 aromatic heterocycles. The number of hydrogen-bond donors (Lipinski definition) is 2. The summed E-state index contributed by atoms with van der Waals surface area (Å²) >= 11 is 2.03. The van der Waals surface area contributed by atoms with E-state index >= 15 is 0 Å². The van der Waals surface area contributed by atoms with Gasteiger partial charge in [-0.3, -0.25) is 14.4 Å². The Labute approximate surface area is 259 Å². The van der Waals surface area contributed by atoms with Crippen LogP contribution in [0, 0.1) is 11.8 Å². The van der Waals surface area contributed by atoms with Gasteiger partial charge >= 0.3 is 0 Å². The molecular formula is C36H54N2O3S. The van der Waals surface area contributed by atoms with E-state index in [1.54, 1.807) is 0 Å². The Balaban J connectivity index is 1.35. The van der Waals surface area contributed by atoms with Gasteiger partial charge in [0.25, 0.3) is 0 Å². The molecule has 0 bridgehead atoms. The molecule has 1 aliphatic heterocycles. The molecule has 3 atom stereocenters. The normalized spacial score (nSPS) is 20.9. The lowest BCUT2D eigenvalue weighted by atomic mass is 9.92. The van der Waals surface area contributed by atoms with Gasteiger partial charge in [0.15, 0.2) is 0 Å². The molecule has 2 amide bonds. The van der Waals surface area contributed by atoms with Crippen molar-refractivity contribution < 1.29 is 14.4 Å². The van der Waals surface area contributed by atoms with Crippen LogP contribution in [0.15, 0.2) is 72.9 Å². The number of carbonyl (C=O) groups excluding carboxylic acids is 3. The van der Waals surface area contributed by atoms with Gasteiger partial charge in [0.1, 0.15) is 5.78 Å². The third-order valence-electron chi connectivity index (χ3n) is 7.61.